The number of rotatable bonds is 3. The van der Waals surface area contributed by atoms with E-state index in [4.69, 9.17) is 17.3 Å². The first kappa shape index (κ1) is 12.5. The van der Waals surface area contributed by atoms with Crippen molar-refractivity contribution in [2.45, 2.75) is 12.5 Å². The Morgan fingerprint density at radius 1 is 1.46 bits per heavy atom. The first-order chi connectivity index (χ1) is 5.75. The van der Waals surface area contributed by atoms with Crippen molar-refractivity contribution >= 4 is 24.0 Å². The molecule has 0 aliphatic heterocycles. The molecule has 0 spiro atoms. The van der Waals surface area contributed by atoms with Crippen LogP contribution in [0.15, 0.2) is 36.9 Å². The summed E-state index contributed by atoms with van der Waals surface area (Å²) in [5, 5.41) is 0.729. The van der Waals surface area contributed by atoms with Gasteiger partial charge in [-0.3, -0.25) is 0 Å². The van der Waals surface area contributed by atoms with Crippen molar-refractivity contribution in [3.05, 3.63) is 47.5 Å². The zero-order valence-corrected chi connectivity index (χ0v) is 8.81. The van der Waals surface area contributed by atoms with Crippen LogP contribution in [0.2, 0.25) is 5.02 Å². The Morgan fingerprint density at radius 2 is 2.08 bits per heavy atom. The fraction of sp³-hybridized carbons (Fsp3) is 0.200. The molecular formula is C10H13Cl2N. The van der Waals surface area contributed by atoms with Gasteiger partial charge in [-0.15, -0.1) is 19.0 Å². The normalized spacial score (nSPS) is 11.5. The molecule has 13 heavy (non-hydrogen) atoms. The summed E-state index contributed by atoms with van der Waals surface area (Å²) in [5.74, 6) is 0. The topological polar surface area (TPSA) is 26.0 Å². The van der Waals surface area contributed by atoms with Gasteiger partial charge in [0, 0.05) is 11.1 Å². The SMILES string of the molecule is C=CCC(N)c1ccccc1Cl.Cl. The average Bonchev–Trinajstić information content (AvgIpc) is 2.05. The van der Waals surface area contributed by atoms with E-state index in [0.717, 1.165) is 17.0 Å². The first-order valence-corrected chi connectivity index (χ1v) is 4.24. The van der Waals surface area contributed by atoms with Crippen LogP contribution in [0.25, 0.3) is 0 Å². The highest BCUT2D eigenvalue weighted by Gasteiger charge is 2.06. The zero-order chi connectivity index (χ0) is 8.97. The third kappa shape index (κ3) is 3.39. The number of halogens is 2. The second-order valence-corrected chi connectivity index (χ2v) is 3.06. The van der Waals surface area contributed by atoms with Crippen LogP contribution in [0, 0.1) is 0 Å². The third-order valence-electron chi connectivity index (χ3n) is 1.73. The van der Waals surface area contributed by atoms with Gasteiger partial charge in [0.25, 0.3) is 0 Å². The summed E-state index contributed by atoms with van der Waals surface area (Å²) in [7, 11) is 0. The lowest BCUT2D eigenvalue weighted by Crippen LogP contribution is -2.09. The predicted molar refractivity (Wildman–Crippen MR) is 60.4 cm³/mol. The minimum absolute atomic E-state index is 0. The van der Waals surface area contributed by atoms with Gasteiger partial charge < -0.3 is 5.73 Å². The molecule has 1 atom stereocenters. The number of hydrogen-bond donors (Lipinski definition) is 1. The Bertz CT molecular complexity index is 273. The molecule has 0 aromatic heterocycles. The van der Waals surface area contributed by atoms with Crippen LogP contribution in [-0.4, -0.2) is 0 Å². The molecule has 0 saturated carbocycles. The lowest BCUT2D eigenvalue weighted by atomic mass is 10.1. The molecule has 1 aromatic carbocycles. The Morgan fingerprint density at radius 3 is 2.62 bits per heavy atom. The van der Waals surface area contributed by atoms with Crippen molar-refractivity contribution in [1.29, 1.82) is 0 Å². The largest absolute Gasteiger partial charge is 0.324 e. The van der Waals surface area contributed by atoms with Crippen LogP contribution < -0.4 is 5.73 Å². The molecule has 0 heterocycles. The summed E-state index contributed by atoms with van der Waals surface area (Å²) in [4.78, 5) is 0. The maximum atomic E-state index is 5.94. The molecule has 0 amide bonds. The van der Waals surface area contributed by atoms with E-state index in [1.54, 1.807) is 6.08 Å². The molecule has 0 fully saturated rings. The Hall–Kier alpha value is -0.500. The summed E-state index contributed by atoms with van der Waals surface area (Å²) >= 11 is 5.94. The van der Waals surface area contributed by atoms with Crippen LogP contribution >= 0.6 is 24.0 Å². The molecule has 0 aliphatic rings. The van der Waals surface area contributed by atoms with Crippen molar-refractivity contribution in [3.8, 4) is 0 Å². The van der Waals surface area contributed by atoms with E-state index < -0.39 is 0 Å². The van der Waals surface area contributed by atoms with Crippen molar-refractivity contribution in [2.75, 3.05) is 0 Å². The van der Waals surface area contributed by atoms with E-state index >= 15 is 0 Å². The molecule has 1 rings (SSSR count). The van der Waals surface area contributed by atoms with Gasteiger partial charge in [-0.1, -0.05) is 35.9 Å². The quantitative estimate of drug-likeness (QED) is 0.773. The van der Waals surface area contributed by atoms with E-state index in [1.165, 1.54) is 0 Å². The highest BCUT2D eigenvalue weighted by atomic mass is 35.5. The van der Waals surface area contributed by atoms with Gasteiger partial charge in [0.1, 0.15) is 0 Å². The molecule has 0 saturated heterocycles. The second kappa shape index (κ2) is 6.03. The second-order valence-electron chi connectivity index (χ2n) is 2.65. The molecule has 1 nitrogen and oxygen atoms in total. The van der Waals surface area contributed by atoms with Crippen LogP contribution in [-0.2, 0) is 0 Å². The molecule has 0 radical (unpaired) electrons. The van der Waals surface area contributed by atoms with Crippen LogP contribution in [0.4, 0.5) is 0 Å². The van der Waals surface area contributed by atoms with Gasteiger partial charge in [-0.2, -0.15) is 0 Å². The van der Waals surface area contributed by atoms with E-state index in [9.17, 15) is 0 Å². The molecule has 72 valence electrons. The Kier molecular flexibility index (Phi) is 5.80. The fourth-order valence-corrected chi connectivity index (χ4v) is 1.36. The van der Waals surface area contributed by atoms with Gasteiger partial charge in [0.05, 0.1) is 0 Å². The maximum absolute atomic E-state index is 5.94. The van der Waals surface area contributed by atoms with Gasteiger partial charge in [0.2, 0.25) is 0 Å². The van der Waals surface area contributed by atoms with Crippen molar-refractivity contribution in [2.24, 2.45) is 5.73 Å². The molecule has 0 bridgehead atoms. The average molecular weight is 218 g/mol. The van der Waals surface area contributed by atoms with E-state index in [-0.39, 0.29) is 18.4 Å². The smallest absolute Gasteiger partial charge is 0.0453 e. The third-order valence-corrected chi connectivity index (χ3v) is 2.07. The summed E-state index contributed by atoms with van der Waals surface area (Å²) in [6.45, 7) is 3.63. The van der Waals surface area contributed by atoms with Crippen molar-refractivity contribution in [3.63, 3.8) is 0 Å². The monoisotopic (exact) mass is 217 g/mol. The molecule has 0 aliphatic carbocycles. The van der Waals surface area contributed by atoms with Crippen LogP contribution in [0.5, 0.6) is 0 Å². The molecule has 2 N–H and O–H groups in total. The van der Waals surface area contributed by atoms with E-state index in [2.05, 4.69) is 6.58 Å². The summed E-state index contributed by atoms with van der Waals surface area (Å²) in [5.41, 5.74) is 6.84. The van der Waals surface area contributed by atoms with Gasteiger partial charge in [-0.25, -0.2) is 0 Å². The lowest BCUT2D eigenvalue weighted by molar-refractivity contribution is 0.742. The molecule has 3 heteroatoms. The maximum Gasteiger partial charge on any atom is 0.0453 e. The van der Waals surface area contributed by atoms with E-state index in [0.29, 0.717) is 0 Å². The molecule has 1 aromatic rings. The van der Waals surface area contributed by atoms with Crippen LogP contribution in [0.3, 0.4) is 0 Å². The lowest BCUT2D eigenvalue weighted by Gasteiger charge is -2.10. The minimum Gasteiger partial charge on any atom is -0.324 e. The standard InChI is InChI=1S/C10H12ClN.ClH/c1-2-5-10(12)8-6-3-4-7-9(8)11;/h2-4,6-7,10H,1,5,12H2;1H. The van der Waals surface area contributed by atoms with Crippen molar-refractivity contribution < 1.29 is 0 Å². The minimum atomic E-state index is -0.0313. The van der Waals surface area contributed by atoms with Gasteiger partial charge >= 0.3 is 0 Å². The van der Waals surface area contributed by atoms with Crippen LogP contribution in [0.1, 0.15) is 18.0 Å². The Labute approximate surface area is 90.0 Å². The summed E-state index contributed by atoms with van der Waals surface area (Å²) < 4.78 is 0. The van der Waals surface area contributed by atoms with Gasteiger partial charge in [-0.05, 0) is 18.1 Å². The first-order valence-electron chi connectivity index (χ1n) is 3.86. The zero-order valence-electron chi connectivity index (χ0n) is 7.24. The summed E-state index contributed by atoms with van der Waals surface area (Å²) in [6, 6.07) is 7.59. The number of hydrogen-bond acceptors (Lipinski definition) is 1. The predicted octanol–water partition coefficient (Wildman–Crippen LogP) is 3.34. The summed E-state index contributed by atoms with van der Waals surface area (Å²) in [6.07, 6.45) is 2.55. The van der Waals surface area contributed by atoms with Crippen molar-refractivity contribution in [1.82, 2.24) is 0 Å². The number of benzene rings is 1. The molecular weight excluding hydrogens is 205 g/mol. The highest BCUT2D eigenvalue weighted by molar-refractivity contribution is 6.31. The molecule has 1 unspecified atom stereocenters. The highest BCUT2D eigenvalue weighted by Crippen LogP contribution is 2.22. The van der Waals surface area contributed by atoms with E-state index in [1.807, 2.05) is 24.3 Å². The van der Waals surface area contributed by atoms with Gasteiger partial charge in [0.15, 0.2) is 0 Å². The number of nitrogens with two attached hydrogens (primary N) is 1. The Balaban J connectivity index is 0.00000144. The fourth-order valence-electron chi connectivity index (χ4n) is 1.08.